The van der Waals surface area contributed by atoms with Gasteiger partial charge in [0.25, 0.3) is 0 Å². The summed E-state index contributed by atoms with van der Waals surface area (Å²) >= 11 is 0. The molecule has 1 unspecified atom stereocenters. The molecule has 1 aliphatic rings. The molecule has 1 heterocycles. The van der Waals surface area contributed by atoms with E-state index < -0.39 is 15.9 Å². The number of hydrogen-bond acceptors (Lipinski definition) is 4. The summed E-state index contributed by atoms with van der Waals surface area (Å²) in [7, 11) is -3.48. The van der Waals surface area contributed by atoms with Crippen LogP contribution in [0.3, 0.4) is 0 Å². The van der Waals surface area contributed by atoms with Crippen molar-refractivity contribution in [2.24, 2.45) is 0 Å². The Labute approximate surface area is 158 Å². The highest BCUT2D eigenvalue weighted by atomic mass is 32.2. The van der Waals surface area contributed by atoms with Gasteiger partial charge in [0.05, 0.1) is 23.0 Å². The van der Waals surface area contributed by atoms with Crippen LogP contribution in [0.25, 0.3) is 6.08 Å². The van der Waals surface area contributed by atoms with Gasteiger partial charge >= 0.3 is 0 Å². The molecule has 0 radical (unpaired) electrons. The minimum absolute atomic E-state index is 0.0129. The van der Waals surface area contributed by atoms with Crippen LogP contribution < -0.4 is 5.32 Å². The predicted molar refractivity (Wildman–Crippen MR) is 104 cm³/mol. The fourth-order valence-electron chi connectivity index (χ4n) is 3.18. The lowest BCUT2D eigenvalue weighted by molar-refractivity contribution is -0.129. The van der Waals surface area contributed by atoms with Crippen LogP contribution in [-0.4, -0.2) is 31.4 Å². The van der Waals surface area contributed by atoms with E-state index in [0.717, 1.165) is 17.4 Å². The molecule has 0 spiro atoms. The van der Waals surface area contributed by atoms with Gasteiger partial charge < -0.3 is 10.2 Å². The monoisotopic (exact) mass is 384 g/mol. The first-order valence-electron chi connectivity index (χ1n) is 8.42. The molecule has 2 aromatic rings. The van der Waals surface area contributed by atoms with Crippen molar-refractivity contribution in [3.63, 3.8) is 0 Å². The summed E-state index contributed by atoms with van der Waals surface area (Å²) in [4.78, 5) is 26.3. The molecule has 2 amide bonds. The molecule has 6 nitrogen and oxygen atoms in total. The molecule has 0 saturated carbocycles. The summed E-state index contributed by atoms with van der Waals surface area (Å²) in [6, 6.07) is 13.4. The molecule has 1 atom stereocenters. The van der Waals surface area contributed by atoms with Crippen molar-refractivity contribution in [3.8, 4) is 0 Å². The Bertz CT molecular complexity index is 1030. The number of nitrogens with zero attached hydrogens (tertiary/aromatic N) is 1. The maximum Gasteiger partial charge on any atom is 0.226 e. The number of hydrogen-bond donors (Lipinski definition) is 1. The number of carbonyl (C=O) groups is 2. The van der Waals surface area contributed by atoms with Gasteiger partial charge in [-0.2, -0.15) is 0 Å². The quantitative estimate of drug-likeness (QED) is 0.878. The predicted octanol–water partition coefficient (Wildman–Crippen LogP) is 2.99. The number of rotatable bonds is 4. The first kappa shape index (κ1) is 18.8. The molecular formula is C20H20N2O4S. The van der Waals surface area contributed by atoms with Gasteiger partial charge in [0.2, 0.25) is 11.8 Å². The van der Waals surface area contributed by atoms with E-state index in [4.69, 9.17) is 0 Å². The topological polar surface area (TPSA) is 83.6 Å². The van der Waals surface area contributed by atoms with E-state index in [2.05, 4.69) is 5.32 Å². The normalized spacial score (nSPS) is 15.9. The van der Waals surface area contributed by atoms with Crippen LogP contribution in [0, 0.1) is 0 Å². The molecule has 0 bridgehead atoms. The average Bonchev–Trinajstić information content (AvgIpc) is 2.61. The van der Waals surface area contributed by atoms with Gasteiger partial charge in [-0.1, -0.05) is 36.4 Å². The summed E-state index contributed by atoms with van der Waals surface area (Å²) in [5.41, 5.74) is 2.06. The van der Waals surface area contributed by atoms with E-state index in [-0.39, 0.29) is 28.8 Å². The highest BCUT2D eigenvalue weighted by molar-refractivity contribution is 7.90. The van der Waals surface area contributed by atoms with Crippen molar-refractivity contribution in [2.45, 2.75) is 24.3 Å². The smallest absolute Gasteiger partial charge is 0.226 e. The molecule has 0 fully saturated rings. The summed E-state index contributed by atoms with van der Waals surface area (Å²) in [6.45, 7) is 1.45. The van der Waals surface area contributed by atoms with Crippen LogP contribution in [0.4, 0.5) is 5.69 Å². The van der Waals surface area contributed by atoms with Crippen molar-refractivity contribution in [1.29, 1.82) is 0 Å². The minimum Gasteiger partial charge on any atom is -0.325 e. The lowest BCUT2D eigenvalue weighted by Gasteiger charge is -2.32. The number of sulfone groups is 1. The molecular weight excluding hydrogens is 364 g/mol. The van der Waals surface area contributed by atoms with E-state index in [9.17, 15) is 18.0 Å². The summed E-state index contributed by atoms with van der Waals surface area (Å²) in [6.07, 6.45) is 4.62. The molecule has 140 valence electrons. The number of nitrogens with one attached hydrogen (secondary N) is 1. The van der Waals surface area contributed by atoms with E-state index in [1.165, 1.54) is 17.9 Å². The van der Waals surface area contributed by atoms with Crippen molar-refractivity contribution >= 4 is 33.4 Å². The zero-order valence-electron chi connectivity index (χ0n) is 15.0. The van der Waals surface area contributed by atoms with Gasteiger partial charge in [-0.15, -0.1) is 0 Å². The number of amides is 2. The maximum absolute atomic E-state index is 12.7. The first-order valence-corrected chi connectivity index (χ1v) is 10.3. The SMILES string of the molecule is CC(=O)N1C=Cc2ccccc2C1CC(=O)Nc1ccccc1S(C)(=O)=O. The third kappa shape index (κ3) is 4.09. The van der Waals surface area contributed by atoms with Crippen LogP contribution in [0.2, 0.25) is 0 Å². The van der Waals surface area contributed by atoms with Crippen molar-refractivity contribution in [1.82, 2.24) is 4.90 Å². The van der Waals surface area contributed by atoms with E-state index in [0.29, 0.717) is 0 Å². The molecule has 0 aromatic heterocycles. The van der Waals surface area contributed by atoms with Gasteiger partial charge in [-0.3, -0.25) is 9.59 Å². The third-order valence-electron chi connectivity index (χ3n) is 4.41. The van der Waals surface area contributed by atoms with Gasteiger partial charge in [0, 0.05) is 19.4 Å². The number of fused-ring (bicyclic) bond motifs is 1. The summed E-state index contributed by atoms with van der Waals surface area (Å²) < 4.78 is 23.8. The van der Waals surface area contributed by atoms with Crippen LogP contribution >= 0.6 is 0 Å². The molecule has 2 aromatic carbocycles. The van der Waals surface area contributed by atoms with Crippen molar-refractivity contribution in [3.05, 3.63) is 65.9 Å². The Morgan fingerprint density at radius 1 is 1.07 bits per heavy atom. The Balaban J connectivity index is 1.87. The van der Waals surface area contributed by atoms with Crippen LogP contribution in [0.5, 0.6) is 0 Å². The highest BCUT2D eigenvalue weighted by Gasteiger charge is 2.28. The van der Waals surface area contributed by atoms with Crippen LogP contribution in [0.1, 0.15) is 30.5 Å². The summed E-state index contributed by atoms with van der Waals surface area (Å²) in [5.74, 6) is -0.539. The van der Waals surface area contributed by atoms with E-state index in [1.54, 1.807) is 24.4 Å². The maximum atomic E-state index is 12.7. The largest absolute Gasteiger partial charge is 0.325 e. The molecule has 7 heteroatoms. The standard InChI is InChI=1S/C20H20N2O4S/c1-14(23)22-12-11-15-7-3-4-8-16(15)18(22)13-20(24)21-17-9-5-6-10-19(17)27(2,25)26/h3-12,18H,13H2,1-2H3,(H,21,24). The molecule has 0 saturated heterocycles. The zero-order valence-corrected chi connectivity index (χ0v) is 15.9. The van der Waals surface area contributed by atoms with Crippen LogP contribution in [0.15, 0.2) is 59.6 Å². The zero-order chi connectivity index (χ0) is 19.6. The second-order valence-corrected chi connectivity index (χ2v) is 8.39. The fourth-order valence-corrected chi connectivity index (χ4v) is 4.03. The Kier molecular flexibility index (Phi) is 5.14. The van der Waals surface area contributed by atoms with Crippen molar-refractivity contribution < 1.29 is 18.0 Å². The van der Waals surface area contributed by atoms with Gasteiger partial charge in [0.15, 0.2) is 9.84 Å². The lowest BCUT2D eigenvalue weighted by atomic mass is 9.93. The molecule has 1 N–H and O–H groups in total. The Morgan fingerprint density at radius 3 is 2.44 bits per heavy atom. The number of anilines is 1. The van der Waals surface area contributed by atoms with Gasteiger partial charge in [-0.05, 0) is 29.3 Å². The van der Waals surface area contributed by atoms with Crippen molar-refractivity contribution in [2.75, 3.05) is 11.6 Å². The Hall–Kier alpha value is -2.93. The molecule has 27 heavy (non-hydrogen) atoms. The van der Waals surface area contributed by atoms with Gasteiger partial charge in [0.1, 0.15) is 0 Å². The fraction of sp³-hybridized carbons (Fsp3) is 0.200. The average molecular weight is 384 g/mol. The highest BCUT2D eigenvalue weighted by Crippen LogP contribution is 2.33. The number of carbonyl (C=O) groups excluding carboxylic acids is 2. The third-order valence-corrected chi connectivity index (χ3v) is 5.56. The minimum atomic E-state index is -3.48. The number of para-hydroxylation sites is 1. The second kappa shape index (κ2) is 7.36. The summed E-state index contributed by atoms with van der Waals surface area (Å²) in [5, 5.41) is 2.67. The first-order chi connectivity index (χ1) is 12.8. The molecule has 0 aliphatic carbocycles. The van der Waals surface area contributed by atoms with E-state index >= 15 is 0 Å². The van der Waals surface area contributed by atoms with Crippen LogP contribution in [-0.2, 0) is 19.4 Å². The molecule has 1 aliphatic heterocycles. The second-order valence-electron chi connectivity index (χ2n) is 6.41. The van der Waals surface area contributed by atoms with Gasteiger partial charge in [-0.25, -0.2) is 8.42 Å². The lowest BCUT2D eigenvalue weighted by Crippen LogP contribution is -2.33. The Morgan fingerprint density at radius 2 is 1.74 bits per heavy atom. The number of benzene rings is 2. The molecule has 3 rings (SSSR count). The van der Waals surface area contributed by atoms with E-state index in [1.807, 2.05) is 30.3 Å².